The average Bonchev–Trinajstić information content (AvgIpc) is 2.67. The molecule has 140 valence electrons. The lowest BCUT2D eigenvalue weighted by Crippen LogP contribution is -2.52. The first-order chi connectivity index (χ1) is 12.0. The van der Waals surface area contributed by atoms with Crippen LogP contribution < -0.4 is 16.4 Å². The molecule has 4 N–H and O–H groups in total. The highest BCUT2D eigenvalue weighted by molar-refractivity contribution is 6.04. The monoisotopic (exact) mass is 375 g/mol. The van der Waals surface area contributed by atoms with Crippen LogP contribution in [0.3, 0.4) is 0 Å². The van der Waals surface area contributed by atoms with Crippen molar-refractivity contribution in [3.8, 4) is 0 Å². The molecule has 0 aliphatic rings. The van der Waals surface area contributed by atoms with Crippen molar-refractivity contribution in [1.29, 1.82) is 0 Å². The van der Waals surface area contributed by atoms with Gasteiger partial charge in [0.15, 0.2) is 0 Å². The minimum absolute atomic E-state index is 0. The maximum absolute atomic E-state index is 12.4. The van der Waals surface area contributed by atoms with Crippen molar-refractivity contribution in [3.63, 3.8) is 0 Å². The standard InChI is InChI=1S/C20H25N3O2.ClH/c1-3-20(4-2,14-21)23-19(25)16-10-12-17(13-11-16)22-18(24)15-8-6-5-7-9-15;/h5-13H,3-4,14,21H2,1-2H3,(H,22,24)(H,23,25);1H. The zero-order valence-corrected chi connectivity index (χ0v) is 15.9. The molecule has 2 amide bonds. The summed E-state index contributed by atoms with van der Waals surface area (Å²) in [6.07, 6.45) is 1.55. The third-order valence-electron chi connectivity index (χ3n) is 4.56. The molecule has 0 aliphatic carbocycles. The number of rotatable bonds is 7. The Hall–Kier alpha value is -2.37. The van der Waals surface area contributed by atoms with E-state index in [0.717, 1.165) is 12.8 Å². The number of benzene rings is 2. The Bertz CT molecular complexity index is 705. The first kappa shape index (κ1) is 21.7. The lowest BCUT2D eigenvalue weighted by molar-refractivity contribution is 0.0895. The second-order valence-electron chi connectivity index (χ2n) is 6.04. The van der Waals surface area contributed by atoms with Gasteiger partial charge in [0.25, 0.3) is 11.8 Å². The van der Waals surface area contributed by atoms with Crippen LogP contribution in [0.25, 0.3) is 0 Å². The van der Waals surface area contributed by atoms with Gasteiger partial charge in [0.2, 0.25) is 0 Å². The van der Waals surface area contributed by atoms with Crippen LogP contribution in [-0.4, -0.2) is 23.9 Å². The van der Waals surface area contributed by atoms with Gasteiger partial charge in [-0.25, -0.2) is 0 Å². The van der Waals surface area contributed by atoms with Gasteiger partial charge in [-0.15, -0.1) is 12.4 Å². The molecular formula is C20H26ClN3O2. The van der Waals surface area contributed by atoms with Crippen molar-refractivity contribution in [1.82, 2.24) is 5.32 Å². The molecule has 0 saturated carbocycles. The number of amides is 2. The summed E-state index contributed by atoms with van der Waals surface area (Å²) < 4.78 is 0. The maximum atomic E-state index is 12.4. The molecule has 0 aliphatic heterocycles. The number of anilines is 1. The summed E-state index contributed by atoms with van der Waals surface area (Å²) >= 11 is 0. The van der Waals surface area contributed by atoms with E-state index >= 15 is 0 Å². The van der Waals surface area contributed by atoms with Crippen LogP contribution in [0.4, 0.5) is 5.69 Å². The Balaban J connectivity index is 0.00000338. The Kier molecular flexibility index (Phi) is 8.29. The Labute approximate surface area is 160 Å². The lowest BCUT2D eigenvalue weighted by atomic mass is 9.92. The molecule has 6 heteroatoms. The van der Waals surface area contributed by atoms with Gasteiger partial charge in [-0.2, -0.15) is 0 Å². The van der Waals surface area contributed by atoms with E-state index in [1.54, 1.807) is 36.4 Å². The molecule has 0 heterocycles. The van der Waals surface area contributed by atoms with E-state index in [4.69, 9.17) is 5.73 Å². The first-order valence-corrected chi connectivity index (χ1v) is 8.52. The molecule has 5 nitrogen and oxygen atoms in total. The van der Waals surface area contributed by atoms with Gasteiger partial charge in [0.05, 0.1) is 5.54 Å². The molecule has 0 bridgehead atoms. The molecule has 26 heavy (non-hydrogen) atoms. The van der Waals surface area contributed by atoms with E-state index in [1.807, 2.05) is 32.0 Å². The summed E-state index contributed by atoms with van der Waals surface area (Å²) in [5.74, 6) is -0.341. The van der Waals surface area contributed by atoms with E-state index in [2.05, 4.69) is 10.6 Å². The van der Waals surface area contributed by atoms with Crippen molar-refractivity contribution in [2.75, 3.05) is 11.9 Å². The average molecular weight is 376 g/mol. The second kappa shape index (κ2) is 9.94. The SMILES string of the molecule is CCC(CC)(CN)NC(=O)c1ccc(NC(=O)c2ccccc2)cc1.Cl. The summed E-state index contributed by atoms with van der Waals surface area (Å²) in [4.78, 5) is 24.6. The van der Waals surface area contributed by atoms with Crippen LogP contribution >= 0.6 is 12.4 Å². The summed E-state index contributed by atoms with van der Waals surface area (Å²) in [5, 5.41) is 5.85. The molecule has 0 unspecified atom stereocenters. The predicted molar refractivity (Wildman–Crippen MR) is 108 cm³/mol. The molecule has 2 aromatic rings. The Morgan fingerprint density at radius 2 is 1.42 bits per heavy atom. The fraction of sp³-hybridized carbons (Fsp3) is 0.300. The molecular weight excluding hydrogens is 350 g/mol. The minimum Gasteiger partial charge on any atom is -0.345 e. The Morgan fingerprint density at radius 3 is 1.92 bits per heavy atom. The summed E-state index contributed by atoms with van der Waals surface area (Å²) in [6, 6.07) is 15.8. The second-order valence-corrected chi connectivity index (χ2v) is 6.04. The maximum Gasteiger partial charge on any atom is 0.255 e. The minimum atomic E-state index is -0.378. The number of hydrogen-bond acceptors (Lipinski definition) is 3. The van der Waals surface area contributed by atoms with Crippen LogP contribution in [0.1, 0.15) is 47.4 Å². The van der Waals surface area contributed by atoms with Crippen molar-refractivity contribution < 1.29 is 9.59 Å². The van der Waals surface area contributed by atoms with Gasteiger partial charge in [-0.3, -0.25) is 9.59 Å². The number of carbonyl (C=O) groups excluding carboxylic acids is 2. The molecule has 0 radical (unpaired) electrons. The number of hydrogen-bond donors (Lipinski definition) is 3. The van der Waals surface area contributed by atoms with Crippen molar-refractivity contribution >= 4 is 29.9 Å². The fourth-order valence-electron chi connectivity index (χ4n) is 2.58. The van der Waals surface area contributed by atoms with Crippen molar-refractivity contribution in [2.24, 2.45) is 5.73 Å². The van der Waals surface area contributed by atoms with E-state index in [0.29, 0.717) is 23.4 Å². The highest BCUT2D eigenvalue weighted by atomic mass is 35.5. The van der Waals surface area contributed by atoms with Crippen LogP contribution in [-0.2, 0) is 0 Å². The quantitative estimate of drug-likeness (QED) is 0.691. The summed E-state index contributed by atoms with van der Waals surface area (Å²) in [5.41, 5.74) is 7.22. The van der Waals surface area contributed by atoms with E-state index in [9.17, 15) is 9.59 Å². The third-order valence-corrected chi connectivity index (χ3v) is 4.56. The predicted octanol–water partition coefficient (Wildman–Crippen LogP) is 3.61. The molecule has 2 aromatic carbocycles. The normalized spacial score (nSPS) is 10.6. The fourth-order valence-corrected chi connectivity index (χ4v) is 2.58. The van der Waals surface area contributed by atoms with E-state index in [-0.39, 0.29) is 29.8 Å². The summed E-state index contributed by atoms with van der Waals surface area (Å²) in [7, 11) is 0. The van der Waals surface area contributed by atoms with E-state index in [1.165, 1.54) is 0 Å². The smallest absolute Gasteiger partial charge is 0.255 e. The van der Waals surface area contributed by atoms with Gasteiger partial charge < -0.3 is 16.4 Å². The van der Waals surface area contributed by atoms with Gasteiger partial charge >= 0.3 is 0 Å². The van der Waals surface area contributed by atoms with Crippen LogP contribution in [0.5, 0.6) is 0 Å². The number of nitrogens with two attached hydrogens (primary N) is 1. The highest BCUT2D eigenvalue weighted by Crippen LogP contribution is 2.16. The van der Waals surface area contributed by atoms with Gasteiger partial charge in [-0.1, -0.05) is 32.0 Å². The number of carbonyl (C=O) groups is 2. The molecule has 0 spiro atoms. The Morgan fingerprint density at radius 1 is 0.885 bits per heavy atom. The zero-order valence-electron chi connectivity index (χ0n) is 15.1. The number of halogens is 1. The molecule has 2 rings (SSSR count). The van der Waals surface area contributed by atoms with Crippen LogP contribution in [0.2, 0.25) is 0 Å². The van der Waals surface area contributed by atoms with Crippen molar-refractivity contribution in [3.05, 3.63) is 65.7 Å². The van der Waals surface area contributed by atoms with E-state index < -0.39 is 0 Å². The molecule has 0 saturated heterocycles. The zero-order chi connectivity index (χ0) is 18.3. The van der Waals surface area contributed by atoms with Gasteiger partial charge in [0, 0.05) is 23.4 Å². The highest BCUT2D eigenvalue weighted by Gasteiger charge is 2.26. The topological polar surface area (TPSA) is 84.2 Å². The molecule has 0 atom stereocenters. The number of nitrogens with one attached hydrogen (secondary N) is 2. The van der Waals surface area contributed by atoms with Gasteiger partial charge in [0.1, 0.15) is 0 Å². The van der Waals surface area contributed by atoms with Crippen LogP contribution in [0.15, 0.2) is 54.6 Å². The first-order valence-electron chi connectivity index (χ1n) is 8.52. The largest absolute Gasteiger partial charge is 0.345 e. The molecule has 0 aromatic heterocycles. The van der Waals surface area contributed by atoms with Crippen molar-refractivity contribution in [2.45, 2.75) is 32.2 Å². The van der Waals surface area contributed by atoms with Gasteiger partial charge in [-0.05, 0) is 49.2 Å². The summed E-state index contributed by atoms with van der Waals surface area (Å²) in [6.45, 7) is 4.43. The lowest BCUT2D eigenvalue weighted by Gasteiger charge is -2.31. The van der Waals surface area contributed by atoms with Crippen LogP contribution in [0, 0.1) is 0 Å². The third kappa shape index (κ3) is 5.31. The molecule has 0 fully saturated rings.